The normalized spacial score (nSPS) is 16.3. The molecule has 1 aliphatic heterocycles. The number of amides is 1. The molecule has 1 N–H and O–H groups in total. The highest BCUT2D eigenvalue weighted by molar-refractivity contribution is 6.04. The smallest absolute Gasteiger partial charge is 0.291 e. The summed E-state index contributed by atoms with van der Waals surface area (Å²) in [5.41, 5.74) is 3.59. The van der Waals surface area contributed by atoms with Gasteiger partial charge in [-0.2, -0.15) is 0 Å². The van der Waals surface area contributed by atoms with Crippen LogP contribution in [0.1, 0.15) is 71.9 Å². The number of benzene rings is 1. The van der Waals surface area contributed by atoms with E-state index in [0.29, 0.717) is 23.6 Å². The van der Waals surface area contributed by atoms with Crippen LogP contribution in [-0.2, 0) is 13.5 Å². The fourth-order valence-corrected chi connectivity index (χ4v) is 5.15. The maximum atomic E-state index is 13.2. The van der Waals surface area contributed by atoms with Crippen LogP contribution in [0.5, 0.6) is 5.75 Å². The molecule has 3 aromatic rings. The summed E-state index contributed by atoms with van der Waals surface area (Å²) in [6.45, 7) is 4.32. The van der Waals surface area contributed by atoms with Crippen molar-refractivity contribution in [2.45, 2.75) is 64.8 Å². The van der Waals surface area contributed by atoms with E-state index < -0.39 is 5.91 Å². The van der Waals surface area contributed by atoms with E-state index in [1.165, 1.54) is 6.42 Å². The number of aromatic nitrogens is 3. The first-order valence-electron chi connectivity index (χ1n) is 11.8. The lowest BCUT2D eigenvalue weighted by molar-refractivity contribution is 0.101. The van der Waals surface area contributed by atoms with Gasteiger partial charge in [-0.05, 0) is 51.2 Å². The lowest BCUT2D eigenvalue weighted by Gasteiger charge is -2.24. The van der Waals surface area contributed by atoms with E-state index >= 15 is 0 Å². The van der Waals surface area contributed by atoms with Crippen LogP contribution in [0, 0.1) is 13.8 Å². The summed E-state index contributed by atoms with van der Waals surface area (Å²) in [5, 5.41) is 6.87. The molecule has 2 aromatic heterocycles. The van der Waals surface area contributed by atoms with E-state index in [-0.39, 0.29) is 17.3 Å². The molecule has 1 saturated carbocycles. The Kier molecular flexibility index (Phi) is 5.60. The minimum atomic E-state index is -0.449. The number of anilines is 1. The molecular formula is C25H30N4O4. The molecule has 1 amide bonds. The highest BCUT2D eigenvalue weighted by Gasteiger charge is 2.28. The number of carbonyl (C=O) groups is 1. The van der Waals surface area contributed by atoms with E-state index in [1.54, 1.807) is 11.6 Å². The molecule has 3 heterocycles. The van der Waals surface area contributed by atoms with Gasteiger partial charge in [-0.3, -0.25) is 14.3 Å². The first-order valence-corrected chi connectivity index (χ1v) is 11.8. The van der Waals surface area contributed by atoms with Crippen molar-refractivity contribution >= 4 is 11.6 Å². The second-order valence-electron chi connectivity index (χ2n) is 9.11. The first kappa shape index (κ1) is 21.6. The topological polar surface area (TPSA) is 91.3 Å². The van der Waals surface area contributed by atoms with Gasteiger partial charge in [0.25, 0.3) is 11.5 Å². The number of nitrogens with one attached hydrogen (secondary N) is 1. The fourth-order valence-electron chi connectivity index (χ4n) is 5.15. The van der Waals surface area contributed by atoms with Crippen LogP contribution in [-0.4, -0.2) is 27.0 Å². The number of rotatable bonds is 4. The lowest BCUT2D eigenvalue weighted by atomic mass is 9.96. The largest absolute Gasteiger partial charge is 0.493 e. The van der Waals surface area contributed by atoms with Crippen molar-refractivity contribution in [3.05, 3.63) is 51.1 Å². The Morgan fingerprint density at radius 2 is 1.94 bits per heavy atom. The highest BCUT2D eigenvalue weighted by Crippen LogP contribution is 2.38. The van der Waals surface area contributed by atoms with Gasteiger partial charge in [0.05, 0.1) is 23.9 Å². The van der Waals surface area contributed by atoms with Crippen molar-refractivity contribution < 1.29 is 14.1 Å². The molecular weight excluding hydrogens is 420 g/mol. The Labute approximate surface area is 192 Å². The van der Waals surface area contributed by atoms with Gasteiger partial charge in [0.15, 0.2) is 11.5 Å². The average molecular weight is 451 g/mol. The number of hydrogen-bond donors (Lipinski definition) is 1. The molecule has 2 aliphatic rings. The molecule has 1 fully saturated rings. The van der Waals surface area contributed by atoms with Crippen molar-refractivity contribution in [1.29, 1.82) is 0 Å². The minimum absolute atomic E-state index is 0.165. The summed E-state index contributed by atoms with van der Waals surface area (Å²) < 4.78 is 15.2. The third kappa shape index (κ3) is 3.67. The number of aryl methyl sites for hydroxylation is 1. The Morgan fingerprint density at radius 3 is 2.73 bits per heavy atom. The van der Waals surface area contributed by atoms with Gasteiger partial charge in [0.2, 0.25) is 0 Å². The fraction of sp³-hybridized carbons (Fsp3) is 0.480. The average Bonchev–Trinajstić information content (AvgIpc) is 3.32. The first-order chi connectivity index (χ1) is 16.0. The number of ether oxygens (including phenoxy) is 1. The summed E-state index contributed by atoms with van der Waals surface area (Å²) >= 11 is 0. The predicted molar refractivity (Wildman–Crippen MR) is 125 cm³/mol. The molecule has 33 heavy (non-hydrogen) atoms. The van der Waals surface area contributed by atoms with Crippen LogP contribution in [0.4, 0.5) is 5.69 Å². The molecule has 0 radical (unpaired) electrons. The molecule has 0 spiro atoms. The third-order valence-electron chi connectivity index (χ3n) is 7.07. The highest BCUT2D eigenvalue weighted by atomic mass is 16.5. The number of para-hydroxylation sites is 1. The van der Waals surface area contributed by atoms with Crippen LogP contribution in [0.15, 0.2) is 27.5 Å². The monoisotopic (exact) mass is 450 g/mol. The van der Waals surface area contributed by atoms with E-state index in [4.69, 9.17) is 9.26 Å². The Morgan fingerprint density at radius 1 is 1.15 bits per heavy atom. The van der Waals surface area contributed by atoms with Gasteiger partial charge >= 0.3 is 0 Å². The van der Waals surface area contributed by atoms with Crippen LogP contribution < -0.4 is 15.6 Å². The van der Waals surface area contributed by atoms with E-state index in [9.17, 15) is 9.59 Å². The molecule has 8 heteroatoms. The molecule has 1 aromatic carbocycles. The summed E-state index contributed by atoms with van der Waals surface area (Å²) in [5.74, 6) is 0.863. The summed E-state index contributed by atoms with van der Waals surface area (Å²) in [6.07, 6.45) is 7.35. The molecule has 8 nitrogen and oxygen atoms in total. The second-order valence-corrected chi connectivity index (χ2v) is 9.11. The summed E-state index contributed by atoms with van der Waals surface area (Å²) in [6, 6.07) is 6.10. The van der Waals surface area contributed by atoms with E-state index in [2.05, 4.69) is 10.5 Å². The van der Waals surface area contributed by atoms with Crippen molar-refractivity contribution in [2.24, 2.45) is 7.05 Å². The lowest BCUT2D eigenvalue weighted by Crippen LogP contribution is -2.29. The Balaban J connectivity index is 1.45. The zero-order chi connectivity index (χ0) is 23.1. The van der Waals surface area contributed by atoms with Crippen molar-refractivity contribution in [3.8, 4) is 17.1 Å². The van der Waals surface area contributed by atoms with Crippen molar-refractivity contribution in [3.63, 3.8) is 0 Å². The van der Waals surface area contributed by atoms with Gasteiger partial charge in [-0.15, -0.1) is 0 Å². The van der Waals surface area contributed by atoms with Gasteiger partial charge in [0, 0.05) is 12.6 Å². The SMILES string of the molecule is Cc1c(C(=O)Nc2c(C)n(C)n(C3CCCCC3)c2=O)noc1-c1cccc2c1OCCC2. The van der Waals surface area contributed by atoms with Gasteiger partial charge in [0.1, 0.15) is 11.4 Å². The van der Waals surface area contributed by atoms with E-state index in [1.807, 2.05) is 36.9 Å². The molecule has 0 bridgehead atoms. The molecule has 174 valence electrons. The maximum Gasteiger partial charge on any atom is 0.291 e. The number of nitrogens with zero attached hydrogens (tertiary/aromatic N) is 3. The molecule has 1 aliphatic carbocycles. The van der Waals surface area contributed by atoms with Gasteiger partial charge in [-0.1, -0.05) is 36.6 Å². The van der Waals surface area contributed by atoms with Crippen molar-refractivity contribution in [1.82, 2.24) is 14.5 Å². The predicted octanol–water partition coefficient (Wildman–Crippen LogP) is 4.54. The van der Waals surface area contributed by atoms with Crippen LogP contribution in [0.3, 0.4) is 0 Å². The zero-order valence-electron chi connectivity index (χ0n) is 19.4. The molecule has 5 rings (SSSR count). The number of fused-ring (bicyclic) bond motifs is 1. The minimum Gasteiger partial charge on any atom is -0.493 e. The summed E-state index contributed by atoms with van der Waals surface area (Å²) in [4.78, 5) is 26.4. The van der Waals surface area contributed by atoms with Gasteiger partial charge < -0.3 is 14.6 Å². The number of carbonyl (C=O) groups excluding carboxylic acids is 1. The van der Waals surface area contributed by atoms with Crippen molar-refractivity contribution in [2.75, 3.05) is 11.9 Å². The van der Waals surface area contributed by atoms with Crippen LogP contribution >= 0.6 is 0 Å². The Hall–Kier alpha value is -3.29. The van der Waals surface area contributed by atoms with Crippen LogP contribution in [0.25, 0.3) is 11.3 Å². The molecule has 0 atom stereocenters. The zero-order valence-corrected chi connectivity index (χ0v) is 19.4. The van der Waals surface area contributed by atoms with Crippen LogP contribution in [0.2, 0.25) is 0 Å². The Bertz CT molecular complexity index is 1260. The second kappa shape index (κ2) is 8.57. The standard InChI is InChI=1S/C25H30N4O4/c1-15-20(27-33-22(15)19-13-7-9-17-10-8-14-32-23(17)19)24(30)26-21-16(2)28(3)29(25(21)31)18-11-5-4-6-12-18/h7,9,13,18H,4-6,8,10-12,14H2,1-3H3,(H,26,30). The third-order valence-corrected chi connectivity index (χ3v) is 7.07. The van der Waals surface area contributed by atoms with Gasteiger partial charge in [-0.25, -0.2) is 4.68 Å². The maximum absolute atomic E-state index is 13.2. The van der Waals surface area contributed by atoms with E-state index in [0.717, 1.165) is 61.1 Å². The number of hydrogen-bond acceptors (Lipinski definition) is 5. The summed E-state index contributed by atoms with van der Waals surface area (Å²) in [7, 11) is 1.87. The molecule has 0 saturated heterocycles. The molecule has 0 unspecified atom stereocenters. The quantitative estimate of drug-likeness (QED) is 0.630.